The minimum absolute atomic E-state index is 0.0198. The van der Waals surface area contributed by atoms with Crippen molar-refractivity contribution in [3.63, 3.8) is 0 Å². The predicted octanol–water partition coefficient (Wildman–Crippen LogP) is 2.63. The first-order valence-corrected chi connectivity index (χ1v) is 9.06. The van der Waals surface area contributed by atoms with Crippen LogP contribution in [0, 0.1) is 18.7 Å². The van der Waals surface area contributed by atoms with Gasteiger partial charge in [0.1, 0.15) is 11.6 Å². The lowest BCUT2D eigenvalue weighted by atomic mass is 9.83. The van der Waals surface area contributed by atoms with Gasteiger partial charge in [-0.3, -0.25) is 24.5 Å². The maximum Gasteiger partial charge on any atom is 0.329 e. The molecule has 0 atom stereocenters. The number of hydrogen-bond acceptors (Lipinski definition) is 4. The summed E-state index contributed by atoms with van der Waals surface area (Å²) in [6, 6.07) is 2.64. The van der Waals surface area contributed by atoms with Crippen LogP contribution in [0.25, 0.3) is 10.9 Å². The number of carbonyl (C=O) groups excluding carboxylic acids is 3. The maximum absolute atomic E-state index is 14.8. The van der Waals surface area contributed by atoms with E-state index in [1.807, 2.05) is 0 Å². The molecule has 1 N–H and O–H groups in total. The van der Waals surface area contributed by atoms with E-state index in [0.29, 0.717) is 42.5 Å². The summed E-state index contributed by atoms with van der Waals surface area (Å²) >= 11 is 0. The lowest BCUT2D eigenvalue weighted by Crippen LogP contribution is -2.49. The third kappa shape index (κ3) is 3.48. The number of carbonyl (C=O) groups is 3. The van der Waals surface area contributed by atoms with Gasteiger partial charge in [-0.15, -0.1) is 12.8 Å². The zero-order chi connectivity index (χ0) is 20.4. The highest BCUT2D eigenvalue weighted by molar-refractivity contribution is 6.08. The van der Waals surface area contributed by atoms with Crippen molar-refractivity contribution in [2.24, 2.45) is 7.05 Å². The summed E-state index contributed by atoms with van der Waals surface area (Å²) in [5.74, 6) is -0.0780. The third-order valence-electron chi connectivity index (χ3n) is 5.24. The van der Waals surface area contributed by atoms with Crippen LogP contribution in [-0.4, -0.2) is 34.0 Å². The minimum atomic E-state index is -0.545. The van der Waals surface area contributed by atoms with E-state index in [4.69, 9.17) is 0 Å². The Balaban J connectivity index is 0.00000109. The van der Waals surface area contributed by atoms with Gasteiger partial charge in [-0.25, -0.2) is 9.18 Å². The molecular formula is C20H21FN4O3. The Morgan fingerprint density at radius 3 is 2.46 bits per heavy atom. The number of halogens is 1. The van der Waals surface area contributed by atoms with E-state index in [1.54, 1.807) is 17.8 Å². The first kappa shape index (κ1) is 19.5. The van der Waals surface area contributed by atoms with Gasteiger partial charge in [0, 0.05) is 38.2 Å². The highest BCUT2D eigenvalue weighted by Crippen LogP contribution is 2.36. The number of imide groups is 1. The van der Waals surface area contributed by atoms with Crippen molar-refractivity contribution in [3.8, 4) is 12.8 Å². The van der Waals surface area contributed by atoms with Gasteiger partial charge in [0.05, 0.1) is 5.52 Å². The zero-order valence-corrected chi connectivity index (χ0v) is 15.6. The van der Waals surface area contributed by atoms with Crippen molar-refractivity contribution in [2.75, 3.05) is 11.4 Å². The number of aryl methyl sites for hydroxylation is 1. The lowest BCUT2D eigenvalue weighted by molar-refractivity contribution is -0.121. The molecule has 2 fully saturated rings. The monoisotopic (exact) mass is 384 g/mol. The van der Waals surface area contributed by atoms with Crippen LogP contribution in [0.2, 0.25) is 0 Å². The molecule has 146 valence electrons. The van der Waals surface area contributed by atoms with Gasteiger partial charge in [-0.1, -0.05) is 0 Å². The van der Waals surface area contributed by atoms with E-state index in [2.05, 4.69) is 23.3 Å². The maximum atomic E-state index is 14.8. The number of rotatable bonds is 2. The molecule has 3 amide bonds. The second-order valence-corrected chi connectivity index (χ2v) is 6.91. The number of nitrogens with zero attached hydrogens (tertiary/aromatic N) is 3. The van der Waals surface area contributed by atoms with E-state index in [9.17, 15) is 18.8 Å². The summed E-state index contributed by atoms with van der Waals surface area (Å²) in [6.45, 7) is 0.213. The van der Waals surface area contributed by atoms with Crippen molar-refractivity contribution in [2.45, 2.75) is 38.0 Å². The van der Waals surface area contributed by atoms with E-state index >= 15 is 0 Å². The van der Waals surface area contributed by atoms with Crippen molar-refractivity contribution < 1.29 is 18.8 Å². The van der Waals surface area contributed by atoms with Crippen molar-refractivity contribution in [3.05, 3.63) is 23.5 Å². The topological polar surface area (TPSA) is 84.3 Å². The highest BCUT2D eigenvalue weighted by Gasteiger charge is 2.29. The minimum Gasteiger partial charge on any atom is -0.300 e. The number of nitrogens with one attached hydrogen (secondary N) is 1. The Hall–Kier alpha value is -3.21. The summed E-state index contributed by atoms with van der Waals surface area (Å²) < 4.78 is 16.4. The van der Waals surface area contributed by atoms with Gasteiger partial charge in [0.2, 0.25) is 5.91 Å². The fourth-order valence-electron chi connectivity index (χ4n) is 3.80. The fraction of sp³-hybridized carbons (Fsp3) is 0.400. The summed E-state index contributed by atoms with van der Waals surface area (Å²) in [5.41, 5.74) is 1.32. The largest absolute Gasteiger partial charge is 0.329 e. The second-order valence-electron chi connectivity index (χ2n) is 6.91. The quantitative estimate of drug-likeness (QED) is 0.807. The molecule has 2 aliphatic rings. The first-order valence-electron chi connectivity index (χ1n) is 9.06. The van der Waals surface area contributed by atoms with Crippen LogP contribution in [0.1, 0.15) is 43.6 Å². The fourth-order valence-corrected chi connectivity index (χ4v) is 3.80. The molecule has 0 bridgehead atoms. The summed E-state index contributed by atoms with van der Waals surface area (Å²) in [6.07, 6.45) is 10.5. The average Bonchev–Trinajstić information content (AvgIpc) is 2.99. The summed E-state index contributed by atoms with van der Waals surface area (Å²) in [7, 11) is 1.74. The smallest absolute Gasteiger partial charge is 0.300 e. The van der Waals surface area contributed by atoms with Crippen LogP contribution in [0.4, 0.5) is 15.0 Å². The molecule has 1 saturated heterocycles. The molecule has 0 unspecified atom stereocenters. The predicted molar refractivity (Wildman–Crippen MR) is 102 cm³/mol. The number of terminal acetylenes is 1. The summed E-state index contributed by atoms with van der Waals surface area (Å²) in [5, 5.41) is 7.17. The number of hydrogen-bond donors (Lipinski definition) is 1. The van der Waals surface area contributed by atoms with Crippen LogP contribution in [-0.2, 0) is 16.6 Å². The van der Waals surface area contributed by atoms with Gasteiger partial charge in [-0.2, -0.15) is 5.10 Å². The van der Waals surface area contributed by atoms with Crippen molar-refractivity contribution in [1.29, 1.82) is 0 Å². The average molecular weight is 384 g/mol. The molecule has 4 rings (SSSR count). The number of aromatic nitrogens is 2. The molecule has 8 heteroatoms. The number of amides is 3. The molecule has 2 heterocycles. The number of urea groups is 1. The Kier molecular flexibility index (Phi) is 5.45. The summed E-state index contributed by atoms with van der Waals surface area (Å²) in [4.78, 5) is 36.3. The van der Waals surface area contributed by atoms with Gasteiger partial charge >= 0.3 is 6.03 Å². The number of ketones is 1. The van der Waals surface area contributed by atoms with Crippen LogP contribution in [0.3, 0.4) is 0 Å². The van der Waals surface area contributed by atoms with Crippen LogP contribution in [0.15, 0.2) is 12.1 Å². The Morgan fingerprint density at radius 1 is 1.14 bits per heavy atom. The first-order chi connectivity index (χ1) is 13.4. The number of anilines is 1. The third-order valence-corrected chi connectivity index (χ3v) is 5.24. The van der Waals surface area contributed by atoms with Gasteiger partial charge in [0.15, 0.2) is 5.82 Å². The molecule has 1 aromatic heterocycles. The Morgan fingerprint density at radius 2 is 1.82 bits per heavy atom. The van der Waals surface area contributed by atoms with Crippen LogP contribution >= 0.6 is 0 Å². The molecule has 1 saturated carbocycles. The normalized spacial score (nSPS) is 18.0. The molecule has 1 aliphatic heterocycles. The SMILES string of the molecule is C#C.Cn1nc(N2CCC(=O)NC2=O)c2cc(F)c(C3CCC(=O)CC3)cc21. The number of benzene rings is 1. The Labute approximate surface area is 161 Å². The standard InChI is InChI=1S/C18H19FN4O3.C2H2/c1-22-15-9-12(10-2-4-11(24)5-3-10)14(19)8-13(15)17(21-22)23-7-6-16(25)20-18(23)26;1-2/h8-10H,2-7H2,1H3,(H,20,25,26);1-2H. The molecular weight excluding hydrogens is 363 g/mol. The molecule has 1 aromatic carbocycles. The van der Waals surface area contributed by atoms with Gasteiger partial charge in [-0.05, 0) is 36.5 Å². The lowest BCUT2D eigenvalue weighted by Gasteiger charge is -2.25. The van der Waals surface area contributed by atoms with E-state index < -0.39 is 6.03 Å². The van der Waals surface area contributed by atoms with Crippen molar-refractivity contribution in [1.82, 2.24) is 15.1 Å². The number of Topliss-reactive ketones (excluding diaryl/α,β-unsaturated/α-hetero) is 1. The van der Waals surface area contributed by atoms with Crippen molar-refractivity contribution >= 4 is 34.4 Å². The van der Waals surface area contributed by atoms with Gasteiger partial charge in [0.25, 0.3) is 0 Å². The van der Waals surface area contributed by atoms with Gasteiger partial charge < -0.3 is 0 Å². The van der Waals surface area contributed by atoms with E-state index in [1.165, 1.54) is 11.0 Å². The van der Waals surface area contributed by atoms with E-state index in [-0.39, 0.29) is 36.4 Å². The molecule has 7 nitrogen and oxygen atoms in total. The number of fused-ring (bicyclic) bond motifs is 1. The zero-order valence-electron chi connectivity index (χ0n) is 15.6. The molecule has 1 aliphatic carbocycles. The van der Waals surface area contributed by atoms with Crippen LogP contribution < -0.4 is 10.2 Å². The van der Waals surface area contributed by atoms with E-state index in [0.717, 1.165) is 5.52 Å². The Bertz CT molecular complexity index is 969. The second kappa shape index (κ2) is 7.80. The highest BCUT2D eigenvalue weighted by atomic mass is 19.1. The van der Waals surface area contributed by atoms with Crippen LogP contribution in [0.5, 0.6) is 0 Å². The molecule has 28 heavy (non-hydrogen) atoms. The molecule has 0 radical (unpaired) electrons. The molecule has 2 aromatic rings. The molecule has 0 spiro atoms.